The lowest BCUT2D eigenvalue weighted by Crippen LogP contribution is -2.26. The minimum Gasteiger partial charge on any atom is -0.454 e. The van der Waals surface area contributed by atoms with Crippen LogP contribution in [0.3, 0.4) is 0 Å². The average Bonchev–Trinajstić information content (AvgIpc) is 2.93. The van der Waals surface area contributed by atoms with Crippen LogP contribution in [0.2, 0.25) is 0 Å². The van der Waals surface area contributed by atoms with Gasteiger partial charge >= 0.3 is 0 Å². The molecule has 0 aliphatic carbocycles. The molecule has 0 fully saturated rings. The van der Waals surface area contributed by atoms with Crippen LogP contribution in [0.5, 0.6) is 11.5 Å². The van der Waals surface area contributed by atoms with Gasteiger partial charge in [0.25, 0.3) is 5.91 Å². The Balaban J connectivity index is 1.76. The van der Waals surface area contributed by atoms with Crippen LogP contribution >= 0.6 is 15.9 Å². The summed E-state index contributed by atoms with van der Waals surface area (Å²) in [6.07, 6.45) is 0. The number of carbonyl (C=O) groups is 1. The first-order valence-corrected chi connectivity index (χ1v) is 7.42. The van der Waals surface area contributed by atoms with E-state index in [2.05, 4.69) is 15.9 Å². The van der Waals surface area contributed by atoms with E-state index in [1.54, 1.807) is 13.1 Å². The molecule has 3 rings (SSSR count). The molecule has 0 aromatic heterocycles. The van der Waals surface area contributed by atoms with E-state index >= 15 is 0 Å². The summed E-state index contributed by atoms with van der Waals surface area (Å²) in [6, 6.07) is 9.67. The Kier molecular flexibility index (Phi) is 4.02. The van der Waals surface area contributed by atoms with E-state index in [-0.39, 0.29) is 12.7 Å². The third-order valence-corrected chi connectivity index (χ3v) is 3.77. The number of halogens is 2. The van der Waals surface area contributed by atoms with E-state index < -0.39 is 5.82 Å². The second kappa shape index (κ2) is 5.96. The van der Waals surface area contributed by atoms with Gasteiger partial charge in [0.05, 0.1) is 0 Å². The topological polar surface area (TPSA) is 38.8 Å². The highest BCUT2D eigenvalue weighted by Crippen LogP contribution is 2.32. The second-order valence-corrected chi connectivity index (χ2v) is 5.92. The van der Waals surface area contributed by atoms with Gasteiger partial charge in [-0.2, -0.15) is 0 Å². The van der Waals surface area contributed by atoms with Crippen LogP contribution < -0.4 is 9.47 Å². The van der Waals surface area contributed by atoms with Crippen molar-refractivity contribution in [3.05, 3.63) is 57.8 Å². The molecule has 114 valence electrons. The van der Waals surface area contributed by atoms with E-state index in [0.717, 1.165) is 5.56 Å². The maximum Gasteiger partial charge on any atom is 0.254 e. The van der Waals surface area contributed by atoms with Crippen molar-refractivity contribution < 1.29 is 18.7 Å². The zero-order chi connectivity index (χ0) is 15.7. The number of rotatable bonds is 3. The lowest BCUT2D eigenvalue weighted by Gasteiger charge is -2.18. The SMILES string of the molecule is CN(Cc1ccc2c(c1)OCO2)C(=O)c1cc(F)cc(Br)c1. The standard InChI is InChI=1S/C16H13BrFNO3/c1-19(16(20)11-5-12(17)7-13(18)6-11)8-10-2-3-14-15(4-10)22-9-21-14/h2-7H,8-9H2,1H3. The Morgan fingerprint density at radius 3 is 2.77 bits per heavy atom. The molecular formula is C16H13BrFNO3. The van der Waals surface area contributed by atoms with Crippen LogP contribution in [-0.4, -0.2) is 24.6 Å². The van der Waals surface area contributed by atoms with Gasteiger partial charge in [0.2, 0.25) is 6.79 Å². The normalized spacial score (nSPS) is 12.3. The number of amides is 1. The molecule has 1 heterocycles. The first-order chi connectivity index (χ1) is 10.5. The fourth-order valence-corrected chi connectivity index (χ4v) is 2.75. The molecule has 0 spiro atoms. The predicted octanol–water partition coefficient (Wildman–Crippen LogP) is 3.59. The van der Waals surface area contributed by atoms with Crippen LogP contribution in [0.1, 0.15) is 15.9 Å². The first-order valence-electron chi connectivity index (χ1n) is 6.63. The van der Waals surface area contributed by atoms with Crippen molar-refractivity contribution in [2.24, 2.45) is 0 Å². The van der Waals surface area contributed by atoms with Gasteiger partial charge in [-0.1, -0.05) is 22.0 Å². The minimum atomic E-state index is -0.450. The predicted molar refractivity (Wildman–Crippen MR) is 82.5 cm³/mol. The molecule has 0 unspecified atom stereocenters. The van der Waals surface area contributed by atoms with Gasteiger partial charge in [-0.3, -0.25) is 4.79 Å². The summed E-state index contributed by atoms with van der Waals surface area (Å²) in [5.41, 5.74) is 1.21. The molecule has 0 bridgehead atoms. The lowest BCUT2D eigenvalue weighted by atomic mass is 10.1. The highest BCUT2D eigenvalue weighted by atomic mass is 79.9. The van der Waals surface area contributed by atoms with Crippen molar-refractivity contribution in [1.29, 1.82) is 0 Å². The zero-order valence-electron chi connectivity index (χ0n) is 11.8. The number of hydrogen-bond donors (Lipinski definition) is 0. The van der Waals surface area contributed by atoms with Crippen molar-refractivity contribution in [3.63, 3.8) is 0 Å². The van der Waals surface area contributed by atoms with Crippen LogP contribution in [0.25, 0.3) is 0 Å². The summed E-state index contributed by atoms with van der Waals surface area (Å²) < 4.78 is 24.5. The molecule has 6 heteroatoms. The Hall–Kier alpha value is -2.08. The van der Waals surface area contributed by atoms with Crippen molar-refractivity contribution in [2.75, 3.05) is 13.8 Å². The second-order valence-electron chi connectivity index (χ2n) is 5.01. The Labute approximate surface area is 135 Å². The largest absolute Gasteiger partial charge is 0.454 e. The van der Waals surface area contributed by atoms with Crippen molar-refractivity contribution >= 4 is 21.8 Å². The lowest BCUT2D eigenvalue weighted by molar-refractivity contribution is 0.0784. The van der Waals surface area contributed by atoms with Crippen LogP contribution in [-0.2, 0) is 6.54 Å². The molecule has 0 N–H and O–H groups in total. The molecular weight excluding hydrogens is 353 g/mol. The maximum absolute atomic E-state index is 13.4. The van der Waals surface area contributed by atoms with E-state index in [0.29, 0.717) is 28.1 Å². The number of carbonyl (C=O) groups excluding carboxylic acids is 1. The Morgan fingerprint density at radius 2 is 2.00 bits per heavy atom. The van der Waals surface area contributed by atoms with Gasteiger partial charge in [-0.15, -0.1) is 0 Å². The Morgan fingerprint density at radius 1 is 1.23 bits per heavy atom. The number of hydrogen-bond acceptors (Lipinski definition) is 3. The highest BCUT2D eigenvalue weighted by Gasteiger charge is 2.17. The summed E-state index contributed by atoms with van der Waals surface area (Å²) in [7, 11) is 1.67. The van der Waals surface area contributed by atoms with Gasteiger partial charge < -0.3 is 14.4 Å². The van der Waals surface area contributed by atoms with E-state index in [4.69, 9.17) is 9.47 Å². The molecule has 22 heavy (non-hydrogen) atoms. The number of benzene rings is 2. The van der Waals surface area contributed by atoms with Gasteiger partial charge in [0.15, 0.2) is 11.5 Å². The van der Waals surface area contributed by atoms with Gasteiger partial charge in [0.1, 0.15) is 5.82 Å². The molecule has 1 amide bonds. The monoisotopic (exact) mass is 365 g/mol. The van der Waals surface area contributed by atoms with Crippen LogP contribution in [0, 0.1) is 5.82 Å². The van der Waals surface area contributed by atoms with E-state index in [9.17, 15) is 9.18 Å². The summed E-state index contributed by atoms with van der Waals surface area (Å²) >= 11 is 3.19. The summed E-state index contributed by atoms with van der Waals surface area (Å²) in [6.45, 7) is 0.606. The van der Waals surface area contributed by atoms with Gasteiger partial charge in [-0.25, -0.2) is 4.39 Å². The first kappa shape index (κ1) is 14.8. The minimum absolute atomic E-state index is 0.213. The number of fused-ring (bicyclic) bond motifs is 1. The number of ether oxygens (including phenoxy) is 2. The molecule has 1 aliphatic rings. The number of nitrogens with zero attached hydrogens (tertiary/aromatic N) is 1. The fourth-order valence-electron chi connectivity index (χ4n) is 2.28. The summed E-state index contributed by atoms with van der Waals surface area (Å²) in [5.74, 6) is 0.672. The average molecular weight is 366 g/mol. The third-order valence-electron chi connectivity index (χ3n) is 3.31. The smallest absolute Gasteiger partial charge is 0.254 e. The zero-order valence-corrected chi connectivity index (χ0v) is 13.4. The fraction of sp³-hybridized carbons (Fsp3) is 0.188. The van der Waals surface area contributed by atoms with Crippen molar-refractivity contribution in [2.45, 2.75) is 6.54 Å². The van der Waals surface area contributed by atoms with Gasteiger partial charge in [0, 0.05) is 23.6 Å². The van der Waals surface area contributed by atoms with Gasteiger partial charge in [-0.05, 0) is 35.9 Å². The van der Waals surface area contributed by atoms with Crippen LogP contribution in [0.4, 0.5) is 4.39 Å². The molecule has 2 aromatic rings. The molecule has 0 saturated heterocycles. The third kappa shape index (κ3) is 3.06. The maximum atomic E-state index is 13.4. The van der Waals surface area contributed by atoms with Crippen molar-refractivity contribution in [1.82, 2.24) is 4.90 Å². The molecule has 4 nitrogen and oxygen atoms in total. The molecule has 2 aromatic carbocycles. The van der Waals surface area contributed by atoms with E-state index in [1.165, 1.54) is 17.0 Å². The summed E-state index contributed by atoms with van der Waals surface area (Å²) in [5, 5.41) is 0. The molecule has 1 aliphatic heterocycles. The molecule has 0 radical (unpaired) electrons. The van der Waals surface area contributed by atoms with E-state index in [1.807, 2.05) is 18.2 Å². The van der Waals surface area contributed by atoms with Crippen LogP contribution in [0.15, 0.2) is 40.9 Å². The molecule has 0 atom stereocenters. The van der Waals surface area contributed by atoms with Crippen molar-refractivity contribution in [3.8, 4) is 11.5 Å². The Bertz CT molecular complexity index is 715. The summed E-state index contributed by atoms with van der Waals surface area (Å²) in [4.78, 5) is 13.9. The molecule has 0 saturated carbocycles. The quantitative estimate of drug-likeness (QED) is 0.834. The highest BCUT2D eigenvalue weighted by molar-refractivity contribution is 9.10.